The minimum Gasteiger partial charge on any atom is -0.283 e. The van der Waals surface area contributed by atoms with Gasteiger partial charge in [-0.05, 0) is 30.0 Å². The summed E-state index contributed by atoms with van der Waals surface area (Å²) in [7, 11) is 0. The van der Waals surface area contributed by atoms with Gasteiger partial charge in [-0.1, -0.05) is 53.7 Å². The van der Waals surface area contributed by atoms with Gasteiger partial charge in [0.15, 0.2) is 5.16 Å². The monoisotopic (exact) mass is 376 g/mol. The molecule has 124 valence electrons. The van der Waals surface area contributed by atoms with E-state index in [4.69, 9.17) is 16.6 Å². The third kappa shape index (κ3) is 3.79. The molecule has 0 amide bonds. The van der Waals surface area contributed by atoms with Crippen molar-refractivity contribution in [1.82, 2.24) is 9.55 Å². The summed E-state index contributed by atoms with van der Waals surface area (Å²) < 4.78 is 1.73. The van der Waals surface area contributed by atoms with Gasteiger partial charge in [0.25, 0.3) is 5.56 Å². The fraction of sp³-hybridized carbons (Fsp3) is 0.222. The van der Waals surface area contributed by atoms with Crippen LogP contribution in [0.4, 0.5) is 0 Å². The summed E-state index contributed by atoms with van der Waals surface area (Å²) in [4.78, 5) is 17.7. The van der Waals surface area contributed by atoms with Crippen LogP contribution in [-0.2, 0) is 6.54 Å². The number of hydrogen-bond donors (Lipinski definition) is 0. The first-order valence-corrected chi connectivity index (χ1v) is 10.3. The molecule has 3 rings (SSSR count). The number of para-hydroxylation sites is 1. The van der Waals surface area contributed by atoms with Crippen LogP contribution in [0.1, 0.15) is 5.56 Å². The smallest absolute Gasteiger partial charge is 0.262 e. The van der Waals surface area contributed by atoms with Crippen LogP contribution < -0.4 is 5.56 Å². The lowest BCUT2D eigenvalue weighted by Crippen LogP contribution is -2.24. The quantitative estimate of drug-likeness (QED) is 0.359. The van der Waals surface area contributed by atoms with Gasteiger partial charge in [0.1, 0.15) is 0 Å². The second kappa shape index (κ2) is 8.10. The highest BCUT2D eigenvalue weighted by atomic mass is 35.5. The highest BCUT2D eigenvalue weighted by molar-refractivity contribution is 8.02. The lowest BCUT2D eigenvalue weighted by Gasteiger charge is -2.14. The molecule has 0 radical (unpaired) electrons. The maximum absolute atomic E-state index is 13.0. The second-order valence-corrected chi connectivity index (χ2v) is 7.69. The molecule has 0 aliphatic carbocycles. The lowest BCUT2D eigenvalue weighted by molar-refractivity contribution is 0.658. The SMILES string of the molecule is CSCCSc1nc2ccccc2c(=O)n1Cc1ccccc1Cl. The van der Waals surface area contributed by atoms with E-state index in [0.29, 0.717) is 17.0 Å². The second-order valence-electron chi connectivity index (χ2n) is 5.24. The Bertz CT molecular complexity index is 911. The van der Waals surface area contributed by atoms with E-state index in [0.717, 1.165) is 27.7 Å². The van der Waals surface area contributed by atoms with Gasteiger partial charge in [-0.15, -0.1) is 0 Å². The largest absolute Gasteiger partial charge is 0.283 e. The predicted molar refractivity (Wildman–Crippen MR) is 106 cm³/mol. The fourth-order valence-electron chi connectivity index (χ4n) is 2.41. The number of nitrogens with zero attached hydrogens (tertiary/aromatic N) is 2. The normalized spacial score (nSPS) is 11.1. The number of rotatable bonds is 6. The summed E-state index contributed by atoms with van der Waals surface area (Å²) in [5, 5.41) is 2.05. The van der Waals surface area contributed by atoms with Crippen LogP contribution in [0.2, 0.25) is 5.02 Å². The Morgan fingerprint density at radius 3 is 2.62 bits per heavy atom. The first kappa shape index (κ1) is 17.4. The molecule has 0 saturated heterocycles. The predicted octanol–water partition coefficient (Wildman–Crippen LogP) is 4.55. The molecule has 1 aromatic heterocycles. The van der Waals surface area contributed by atoms with Gasteiger partial charge in [-0.2, -0.15) is 11.8 Å². The Morgan fingerprint density at radius 2 is 1.83 bits per heavy atom. The Labute approximate surface area is 154 Å². The Morgan fingerprint density at radius 1 is 1.08 bits per heavy atom. The summed E-state index contributed by atoms with van der Waals surface area (Å²) in [6.45, 7) is 0.429. The van der Waals surface area contributed by atoms with Crippen molar-refractivity contribution in [2.24, 2.45) is 0 Å². The Hall–Kier alpha value is -1.43. The maximum atomic E-state index is 13.0. The Balaban J connectivity index is 2.08. The minimum absolute atomic E-state index is 0.0211. The standard InChI is InChI=1S/C18H17ClN2OS2/c1-23-10-11-24-18-20-16-9-5-3-7-14(16)17(22)21(18)12-13-6-2-4-8-15(13)19/h2-9H,10-12H2,1H3. The van der Waals surface area contributed by atoms with Crippen molar-refractivity contribution in [3.05, 3.63) is 69.5 Å². The molecule has 0 unspecified atom stereocenters. The molecule has 0 atom stereocenters. The molecule has 0 spiro atoms. The maximum Gasteiger partial charge on any atom is 0.262 e. The molecule has 1 heterocycles. The highest BCUT2D eigenvalue weighted by Gasteiger charge is 2.13. The average molecular weight is 377 g/mol. The van der Waals surface area contributed by atoms with E-state index in [1.54, 1.807) is 28.1 Å². The van der Waals surface area contributed by atoms with E-state index in [-0.39, 0.29) is 5.56 Å². The van der Waals surface area contributed by atoms with Gasteiger partial charge < -0.3 is 0 Å². The van der Waals surface area contributed by atoms with Crippen molar-refractivity contribution in [1.29, 1.82) is 0 Å². The average Bonchev–Trinajstić information content (AvgIpc) is 2.60. The van der Waals surface area contributed by atoms with Crippen LogP contribution in [0.15, 0.2) is 58.5 Å². The van der Waals surface area contributed by atoms with Crippen molar-refractivity contribution < 1.29 is 0 Å². The molecular weight excluding hydrogens is 360 g/mol. The molecule has 3 nitrogen and oxygen atoms in total. The van der Waals surface area contributed by atoms with Crippen LogP contribution in [0, 0.1) is 0 Å². The molecule has 2 aromatic carbocycles. The molecular formula is C18H17ClN2OS2. The van der Waals surface area contributed by atoms with Crippen LogP contribution in [0.3, 0.4) is 0 Å². The summed E-state index contributed by atoms with van der Waals surface area (Å²) >= 11 is 9.68. The first-order valence-electron chi connectivity index (χ1n) is 7.55. The third-order valence-electron chi connectivity index (χ3n) is 3.63. The molecule has 24 heavy (non-hydrogen) atoms. The van der Waals surface area contributed by atoms with Crippen molar-refractivity contribution in [3.8, 4) is 0 Å². The van der Waals surface area contributed by atoms with Crippen molar-refractivity contribution >= 4 is 46.0 Å². The molecule has 3 aromatic rings. The van der Waals surface area contributed by atoms with Crippen LogP contribution in [0.5, 0.6) is 0 Å². The van der Waals surface area contributed by atoms with E-state index >= 15 is 0 Å². The fourth-order valence-corrected chi connectivity index (χ4v) is 4.25. The number of benzene rings is 2. The molecule has 0 aliphatic rings. The summed E-state index contributed by atoms with van der Waals surface area (Å²) in [6, 6.07) is 15.1. The van der Waals surface area contributed by atoms with E-state index in [1.807, 2.05) is 48.5 Å². The highest BCUT2D eigenvalue weighted by Crippen LogP contribution is 2.22. The molecule has 0 bridgehead atoms. The van der Waals surface area contributed by atoms with Crippen molar-refractivity contribution in [2.75, 3.05) is 17.8 Å². The molecule has 6 heteroatoms. The molecule has 0 fully saturated rings. The van der Waals surface area contributed by atoms with Gasteiger partial charge in [-0.25, -0.2) is 4.98 Å². The molecule has 0 aliphatic heterocycles. The van der Waals surface area contributed by atoms with Gasteiger partial charge in [-0.3, -0.25) is 9.36 Å². The zero-order valence-corrected chi connectivity index (χ0v) is 15.6. The van der Waals surface area contributed by atoms with Gasteiger partial charge in [0, 0.05) is 16.5 Å². The van der Waals surface area contributed by atoms with E-state index in [1.165, 1.54) is 0 Å². The summed E-state index contributed by atoms with van der Waals surface area (Å²) in [6.07, 6.45) is 2.07. The first-order chi connectivity index (χ1) is 11.7. The van der Waals surface area contributed by atoms with Gasteiger partial charge in [0.05, 0.1) is 17.4 Å². The number of thioether (sulfide) groups is 2. The number of fused-ring (bicyclic) bond motifs is 1. The molecule has 0 saturated carbocycles. The topological polar surface area (TPSA) is 34.9 Å². The zero-order chi connectivity index (χ0) is 16.9. The van der Waals surface area contributed by atoms with E-state index < -0.39 is 0 Å². The Kier molecular flexibility index (Phi) is 5.87. The molecule has 0 N–H and O–H groups in total. The van der Waals surface area contributed by atoms with Crippen LogP contribution in [0.25, 0.3) is 10.9 Å². The van der Waals surface area contributed by atoms with Crippen LogP contribution in [-0.4, -0.2) is 27.3 Å². The number of aromatic nitrogens is 2. The van der Waals surface area contributed by atoms with Crippen molar-refractivity contribution in [2.45, 2.75) is 11.7 Å². The summed E-state index contributed by atoms with van der Waals surface area (Å²) in [5.41, 5.74) is 1.64. The van der Waals surface area contributed by atoms with E-state index in [2.05, 4.69) is 6.26 Å². The minimum atomic E-state index is -0.0211. The lowest BCUT2D eigenvalue weighted by atomic mass is 10.2. The number of hydrogen-bond acceptors (Lipinski definition) is 4. The van der Waals surface area contributed by atoms with Gasteiger partial charge in [0.2, 0.25) is 0 Å². The van der Waals surface area contributed by atoms with Crippen molar-refractivity contribution in [3.63, 3.8) is 0 Å². The number of halogens is 1. The van der Waals surface area contributed by atoms with E-state index in [9.17, 15) is 4.79 Å². The zero-order valence-electron chi connectivity index (χ0n) is 13.2. The van der Waals surface area contributed by atoms with Gasteiger partial charge >= 0.3 is 0 Å². The third-order valence-corrected chi connectivity index (χ3v) is 5.85. The summed E-state index contributed by atoms with van der Waals surface area (Å²) in [5.74, 6) is 1.92. The van der Waals surface area contributed by atoms with Crippen LogP contribution >= 0.6 is 35.1 Å².